The molecule has 0 aliphatic rings. The molecule has 166 valence electrons. The fraction of sp³-hybridized carbons (Fsp3) is 0.400. The minimum absolute atomic E-state index is 0.138. The van der Waals surface area contributed by atoms with E-state index in [2.05, 4.69) is 5.32 Å². The van der Waals surface area contributed by atoms with Crippen molar-refractivity contribution in [3.8, 4) is 11.5 Å². The second kappa shape index (κ2) is 9.33. The van der Waals surface area contributed by atoms with Crippen LogP contribution in [0.5, 0.6) is 11.5 Å². The van der Waals surface area contributed by atoms with E-state index in [1.165, 1.54) is 0 Å². The van der Waals surface area contributed by atoms with E-state index in [0.717, 1.165) is 28.0 Å². The summed E-state index contributed by atoms with van der Waals surface area (Å²) >= 11 is 0. The SMILES string of the molecule is CC(C)Oc1ccc(OCc2ccc3cc(C(C)NC(=O)OC(C)(C)C)oc3c2)cc1. The van der Waals surface area contributed by atoms with Crippen LogP contribution in [-0.4, -0.2) is 17.8 Å². The van der Waals surface area contributed by atoms with Gasteiger partial charge in [-0.25, -0.2) is 4.79 Å². The molecule has 3 rings (SSSR count). The summed E-state index contributed by atoms with van der Waals surface area (Å²) in [6.45, 7) is 11.8. The Bertz CT molecular complexity index is 1010. The summed E-state index contributed by atoms with van der Waals surface area (Å²) in [5.41, 5.74) is 1.19. The molecule has 6 nitrogen and oxygen atoms in total. The lowest BCUT2D eigenvalue weighted by atomic mass is 10.1. The van der Waals surface area contributed by atoms with Gasteiger partial charge in [-0.1, -0.05) is 12.1 Å². The minimum atomic E-state index is -0.547. The van der Waals surface area contributed by atoms with E-state index in [0.29, 0.717) is 12.4 Å². The van der Waals surface area contributed by atoms with Crippen molar-refractivity contribution >= 4 is 17.1 Å². The molecule has 1 N–H and O–H groups in total. The van der Waals surface area contributed by atoms with E-state index in [1.807, 2.05) is 90.1 Å². The molecule has 1 aromatic heterocycles. The molecule has 3 aromatic rings. The molecule has 1 unspecified atom stereocenters. The van der Waals surface area contributed by atoms with Gasteiger partial charge in [0.2, 0.25) is 0 Å². The first-order valence-corrected chi connectivity index (χ1v) is 10.5. The number of fused-ring (bicyclic) bond motifs is 1. The highest BCUT2D eigenvalue weighted by molar-refractivity contribution is 5.79. The van der Waals surface area contributed by atoms with Crippen molar-refractivity contribution in [2.75, 3.05) is 0 Å². The van der Waals surface area contributed by atoms with Gasteiger partial charge in [-0.05, 0) is 83.5 Å². The van der Waals surface area contributed by atoms with Crippen LogP contribution in [0.15, 0.2) is 52.9 Å². The van der Waals surface area contributed by atoms with Crippen molar-refractivity contribution in [2.24, 2.45) is 0 Å². The maximum absolute atomic E-state index is 12.0. The predicted molar refractivity (Wildman–Crippen MR) is 121 cm³/mol. The second-order valence-corrected chi connectivity index (χ2v) is 8.82. The molecule has 0 saturated heterocycles. The molecule has 6 heteroatoms. The lowest BCUT2D eigenvalue weighted by Gasteiger charge is -2.21. The number of nitrogens with one attached hydrogen (secondary N) is 1. The summed E-state index contributed by atoms with van der Waals surface area (Å²) in [6, 6.07) is 15.1. The monoisotopic (exact) mass is 425 g/mol. The Kier molecular flexibility index (Phi) is 6.78. The van der Waals surface area contributed by atoms with Crippen LogP contribution in [0, 0.1) is 0 Å². The quantitative estimate of drug-likeness (QED) is 0.475. The van der Waals surface area contributed by atoms with Gasteiger partial charge in [0.1, 0.15) is 35.1 Å². The maximum Gasteiger partial charge on any atom is 0.408 e. The van der Waals surface area contributed by atoms with Gasteiger partial charge in [0.05, 0.1) is 12.1 Å². The molecular weight excluding hydrogens is 394 g/mol. The van der Waals surface area contributed by atoms with E-state index < -0.39 is 11.7 Å². The van der Waals surface area contributed by atoms with Gasteiger partial charge >= 0.3 is 6.09 Å². The van der Waals surface area contributed by atoms with Gasteiger partial charge < -0.3 is 23.9 Å². The molecule has 1 heterocycles. The summed E-state index contributed by atoms with van der Waals surface area (Å²) in [4.78, 5) is 12.0. The largest absolute Gasteiger partial charge is 0.491 e. The molecule has 0 fully saturated rings. The van der Waals surface area contributed by atoms with Gasteiger partial charge in [0, 0.05) is 5.39 Å². The normalized spacial score (nSPS) is 12.6. The van der Waals surface area contributed by atoms with E-state index in [1.54, 1.807) is 0 Å². The van der Waals surface area contributed by atoms with Crippen LogP contribution < -0.4 is 14.8 Å². The van der Waals surface area contributed by atoms with Crippen LogP contribution in [0.4, 0.5) is 4.79 Å². The lowest BCUT2D eigenvalue weighted by molar-refractivity contribution is 0.0502. The first kappa shape index (κ1) is 22.5. The topological polar surface area (TPSA) is 69.9 Å². The van der Waals surface area contributed by atoms with E-state index in [4.69, 9.17) is 18.6 Å². The van der Waals surface area contributed by atoms with E-state index >= 15 is 0 Å². The fourth-order valence-corrected chi connectivity index (χ4v) is 3.01. The van der Waals surface area contributed by atoms with Crippen molar-refractivity contribution in [1.29, 1.82) is 0 Å². The Labute approximate surface area is 183 Å². The van der Waals surface area contributed by atoms with E-state index in [-0.39, 0.29) is 12.1 Å². The van der Waals surface area contributed by atoms with E-state index in [9.17, 15) is 4.79 Å². The first-order valence-electron chi connectivity index (χ1n) is 10.5. The van der Waals surface area contributed by atoms with Gasteiger partial charge in [-0.2, -0.15) is 0 Å². The summed E-state index contributed by atoms with van der Waals surface area (Å²) < 4.78 is 22.8. The van der Waals surface area contributed by atoms with Crippen molar-refractivity contribution in [2.45, 2.75) is 65.9 Å². The summed E-state index contributed by atoms with van der Waals surface area (Å²) in [6.07, 6.45) is -0.335. The minimum Gasteiger partial charge on any atom is -0.491 e. The van der Waals surface area contributed by atoms with Crippen molar-refractivity contribution < 1.29 is 23.4 Å². The number of furan rings is 1. The number of rotatable bonds is 7. The number of amides is 1. The van der Waals surface area contributed by atoms with Crippen LogP contribution in [0.25, 0.3) is 11.0 Å². The van der Waals surface area contributed by atoms with Crippen molar-refractivity contribution in [3.05, 3.63) is 59.9 Å². The highest BCUT2D eigenvalue weighted by Gasteiger charge is 2.20. The number of hydrogen-bond acceptors (Lipinski definition) is 5. The number of alkyl carbamates (subject to hydrolysis) is 1. The number of ether oxygens (including phenoxy) is 3. The highest BCUT2D eigenvalue weighted by Crippen LogP contribution is 2.26. The molecule has 2 aromatic carbocycles. The average molecular weight is 426 g/mol. The smallest absolute Gasteiger partial charge is 0.408 e. The maximum atomic E-state index is 12.0. The van der Waals surface area contributed by atoms with Crippen LogP contribution in [0.3, 0.4) is 0 Å². The summed E-state index contributed by atoms with van der Waals surface area (Å²) in [7, 11) is 0. The second-order valence-electron chi connectivity index (χ2n) is 8.82. The zero-order chi connectivity index (χ0) is 22.6. The lowest BCUT2D eigenvalue weighted by Crippen LogP contribution is -2.33. The molecule has 1 atom stereocenters. The van der Waals surface area contributed by atoms with Gasteiger partial charge in [0.15, 0.2) is 0 Å². The molecule has 0 aliphatic carbocycles. The Morgan fingerprint density at radius 3 is 2.32 bits per heavy atom. The standard InChI is InChI=1S/C25H31NO5/c1-16(2)29-21-11-9-20(10-12-21)28-15-18-7-8-19-14-22(30-23(19)13-18)17(3)26-24(27)31-25(4,5)6/h7-14,16-17H,15H2,1-6H3,(H,26,27). The van der Waals surface area contributed by atoms with Gasteiger partial charge in [-0.15, -0.1) is 0 Å². The Morgan fingerprint density at radius 2 is 1.68 bits per heavy atom. The van der Waals surface area contributed by atoms with Crippen LogP contribution in [-0.2, 0) is 11.3 Å². The molecule has 0 radical (unpaired) electrons. The molecule has 1 amide bonds. The Balaban J connectivity index is 1.62. The molecule has 0 bridgehead atoms. The zero-order valence-corrected chi connectivity index (χ0v) is 19.0. The van der Waals surface area contributed by atoms with Gasteiger partial charge in [-0.3, -0.25) is 0 Å². The molecule has 0 spiro atoms. The van der Waals surface area contributed by atoms with Crippen molar-refractivity contribution in [3.63, 3.8) is 0 Å². The Hall–Kier alpha value is -3.15. The van der Waals surface area contributed by atoms with Crippen LogP contribution >= 0.6 is 0 Å². The molecule has 0 aliphatic heterocycles. The molecule has 0 saturated carbocycles. The van der Waals surface area contributed by atoms with Crippen LogP contribution in [0.1, 0.15) is 58.9 Å². The highest BCUT2D eigenvalue weighted by atomic mass is 16.6. The first-order chi connectivity index (χ1) is 14.6. The number of carbonyl (C=O) groups is 1. The summed E-state index contributed by atoms with van der Waals surface area (Å²) in [5, 5.41) is 3.77. The average Bonchev–Trinajstić information content (AvgIpc) is 3.09. The van der Waals surface area contributed by atoms with Crippen LogP contribution in [0.2, 0.25) is 0 Å². The molecule has 31 heavy (non-hydrogen) atoms. The van der Waals surface area contributed by atoms with Gasteiger partial charge in [0.25, 0.3) is 0 Å². The zero-order valence-electron chi connectivity index (χ0n) is 19.0. The van der Waals surface area contributed by atoms with Crippen molar-refractivity contribution in [1.82, 2.24) is 5.32 Å². The third-order valence-electron chi connectivity index (χ3n) is 4.36. The number of hydrogen-bond donors (Lipinski definition) is 1. The fourth-order valence-electron chi connectivity index (χ4n) is 3.01. The summed E-state index contributed by atoms with van der Waals surface area (Å²) in [5.74, 6) is 2.26. The third kappa shape index (κ3) is 6.67. The number of benzene rings is 2. The third-order valence-corrected chi connectivity index (χ3v) is 4.36. The predicted octanol–water partition coefficient (Wildman–Crippen LogP) is 6.38. The molecular formula is C25H31NO5. The Morgan fingerprint density at radius 1 is 1.00 bits per heavy atom. The number of carbonyl (C=O) groups excluding carboxylic acids is 1.